The fraction of sp³-hybridized carbons (Fsp3) is 0.167. The summed E-state index contributed by atoms with van der Waals surface area (Å²) in [6.45, 7) is 0.342. The first-order chi connectivity index (χ1) is 9.93. The Morgan fingerprint density at radius 1 is 1.24 bits per heavy atom. The molecular formula is C12H8F2N2O4S. The lowest BCUT2D eigenvalue weighted by Crippen LogP contribution is -2.25. The van der Waals surface area contributed by atoms with E-state index in [2.05, 4.69) is 14.8 Å². The Hall–Kier alpha value is -2.42. The maximum atomic E-state index is 12.9. The lowest BCUT2D eigenvalue weighted by Gasteiger charge is -2.05. The van der Waals surface area contributed by atoms with Gasteiger partial charge in [0.15, 0.2) is 11.5 Å². The minimum absolute atomic E-state index is 0.0303. The second-order valence-corrected chi connectivity index (χ2v) is 5.33. The molecule has 2 heterocycles. The number of nitrogens with one attached hydrogen (secondary N) is 1. The third kappa shape index (κ3) is 2.87. The van der Waals surface area contributed by atoms with Gasteiger partial charge >= 0.3 is 11.3 Å². The second kappa shape index (κ2) is 4.85. The smallest absolute Gasteiger partial charge is 0.395 e. The molecule has 0 spiro atoms. The van der Waals surface area contributed by atoms with Gasteiger partial charge in [-0.2, -0.15) is 0 Å². The first-order valence-electron chi connectivity index (χ1n) is 5.80. The molecule has 0 saturated carbocycles. The molecule has 9 heteroatoms. The van der Waals surface area contributed by atoms with Crippen LogP contribution in [0.25, 0.3) is 0 Å². The van der Waals surface area contributed by atoms with Crippen LogP contribution in [0.4, 0.5) is 19.5 Å². The number of benzene rings is 1. The standard InChI is InChI=1S/C12H8F2N2O4S/c13-12(14)19-9-3-1-7(5-10(9)20-12)15-6-8-2-4-11(21-8)16(17)18/h1-5,15H,6H2. The van der Waals surface area contributed by atoms with Crippen LogP contribution in [0.5, 0.6) is 11.5 Å². The van der Waals surface area contributed by atoms with E-state index in [0.29, 0.717) is 12.2 Å². The average Bonchev–Trinajstić information content (AvgIpc) is 2.98. The van der Waals surface area contributed by atoms with Gasteiger partial charge in [0.05, 0.1) is 4.92 Å². The Balaban J connectivity index is 1.68. The van der Waals surface area contributed by atoms with E-state index in [9.17, 15) is 18.9 Å². The number of rotatable bonds is 4. The van der Waals surface area contributed by atoms with E-state index in [-0.39, 0.29) is 16.5 Å². The number of ether oxygens (including phenoxy) is 2. The number of nitro groups is 1. The molecule has 1 N–H and O–H groups in total. The Morgan fingerprint density at radius 2 is 2.00 bits per heavy atom. The second-order valence-electron chi connectivity index (χ2n) is 4.18. The molecule has 0 amide bonds. The van der Waals surface area contributed by atoms with E-state index in [1.807, 2.05) is 0 Å². The highest BCUT2D eigenvalue weighted by Gasteiger charge is 2.43. The monoisotopic (exact) mass is 314 g/mol. The number of fused-ring (bicyclic) bond motifs is 1. The molecule has 1 aliphatic rings. The minimum atomic E-state index is -3.64. The van der Waals surface area contributed by atoms with Gasteiger partial charge in [-0.25, -0.2) is 0 Å². The fourth-order valence-electron chi connectivity index (χ4n) is 1.81. The number of hydrogen-bond acceptors (Lipinski definition) is 6. The van der Waals surface area contributed by atoms with Crippen molar-refractivity contribution in [2.24, 2.45) is 0 Å². The highest BCUT2D eigenvalue weighted by Crippen LogP contribution is 2.42. The summed E-state index contributed by atoms with van der Waals surface area (Å²) < 4.78 is 34.4. The Bertz CT molecular complexity index is 704. The molecule has 1 aliphatic heterocycles. The summed E-state index contributed by atoms with van der Waals surface area (Å²) >= 11 is 1.05. The topological polar surface area (TPSA) is 73.6 Å². The van der Waals surface area contributed by atoms with Crippen molar-refractivity contribution in [3.05, 3.63) is 45.3 Å². The summed E-state index contributed by atoms with van der Waals surface area (Å²) in [6, 6.07) is 7.37. The van der Waals surface area contributed by atoms with E-state index in [4.69, 9.17) is 0 Å². The van der Waals surface area contributed by atoms with Crippen LogP contribution in [0.1, 0.15) is 4.88 Å². The molecule has 6 nitrogen and oxygen atoms in total. The van der Waals surface area contributed by atoms with Crippen LogP contribution >= 0.6 is 11.3 Å². The molecule has 2 aromatic rings. The molecule has 0 radical (unpaired) electrons. The van der Waals surface area contributed by atoms with Gasteiger partial charge < -0.3 is 14.8 Å². The zero-order chi connectivity index (χ0) is 15.0. The summed E-state index contributed by atoms with van der Waals surface area (Å²) in [6.07, 6.45) is -3.64. The summed E-state index contributed by atoms with van der Waals surface area (Å²) in [5.41, 5.74) is 0.547. The van der Waals surface area contributed by atoms with Crippen molar-refractivity contribution in [3.63, 3.8) is 0 Å². The quantitative estimate of drug-likeness (QED) is 0.689. The molecule has 21 heavy (non-hydrogen) atoms. The Labute approximate surface area is 121 Å². The fourth-order valence-corrected chi connectivity index (χ4v) is 2.57. The minimum Gasteiger partial charge on any atom is -0.395 e. The molecule has 0 fully saturated rings. The van der Waals surface area contributed by atoms with Gasteiger partial charge in [-0.15, -0.1) is 8.78 Å². The predicted octanol–water partition coefficient (Wildman–Crippen LogP) is 3.59. The van der Waals surface area contributed by atoms with Gasteiger partial charge in [-0.1, -0.05) is 11.3 Å². The normalized spacial score (nSPS) is 15.0. The number of hydrogen-bond donors (Lipinski definition) is 1. The van der Waals surface area contributed by atoms with Crippen LogP contribution < -0.4 is 14.8 Å². The lowest BCUT2D eigenvalue weighted by molar-refractivity contribution is -0.380. The van der Waals surface area contributed by atoms with E-state index < -0.39 is 11.2 Å². The van der Waals surface area contributed by atoms with Crippen LogP contribution in [-0.4, -0.2) is 11.2 Å². The van der Waals surface area contributed by atoms with E-state index in [0.717, 1.165) is 16.2 Å². The van der Waals surface area contributed by atoms with E-state index in [1.165, 1.54) is 18.2 Å². The molecule has 0 atom stereocenters. The van der Waals surface area contributed by atoms with Crippen molar-refractivity contribution >= 4 is 22.0 Å². The van der Waals surface area contributed by atoms with Gasteiger partial charge in [-0.3, -0.25) is 10.1 Å². The summed E-state index contributed by atoms with van der Waals surface area (Å²) in [5, 5.41) is 13.6. The molecule has 1 aromatic heterocycles. The number of anilines is 1. The highest BCUT2D eigenvalue weighted by atomic mass is 32.1. The molecule has 0 bridgehead atoms. The Morgan fingerprint density at radius 3 is 2.71 bits per heavy atom. The van der Waals surface area contributed by atoms with Gasteiger partial charge in [0, 0.05) is 29.2 Å². The molecule has 110 valence electrons. The number of halogens is 2. The number of thiophene rings is 1. The zero-order valence-corrected chi connectivity index (χ0v) is 11.2. The van der Waals surface area contributed by atoms with Gasteiger partial charge in [0.25, 0.3) is 0 Å². The zero-order valence-electron chi connectivity index (χ0n) is 10.3. The first-order valence-corrected chi connectivity index (χ1v) is 6.61. The van der Waals surface area contributed by atoms with Gasteiger partial charge in [0.1, 0.15) is 0 Å². The van der Waals surface area contributed by atoms with Crippen LogP contribution in [0, 0.1) is 10.1 Å². The lowest BCUT2D eigenvalue weighted by atomic mass is 10.3. The third-order valence-electron chi connectivity index (χ3n) is 2.70. The third-order valence-corrected chi connectivity index (χ3v) is 3.73. The number of alkyl halides is 2. The van der Waals surface area contributed by atoms with E-state index >= 15 is 0 Å². The van der Waals surface area contributed by atoms with Crippen molar-refractivity contribution < 1.29 is 23.2 Å². The maximum Gasteiger partial charge on any atom is 0.586 e. The first kappa shape index (κ1) is 13.6. The van der Waals surface area contributed by atoms with Crippen molar-refractivity contribution in [2.75, 3.05) is 5.32 Å². The van der Waals surface area contributed by atoms with Crippen LogP contribution in [-0.2, 0) is 6.54 Å². The summed E-state index contributed by atoms with van der Waals surface area (Å²) in [7, 11) is 0. The molecular weight excluding hydrogens is 306 g/mol. The molecule has 0 unspecified atom stereocenters. The van der Waals surface area contributed by atoms with Crippen LogP contribution in [0.3, 0.4) is 0 Å². The van der Waals surface area contributed by atoms with Crippen LogP contribution in [0.15, 0.2) is 30.3 Å². The molecule has 1 aromatic carbocycles. The molecule has 0 aliphatic carbocycles. The summed E-state index contributed by atoms with van der Waals surface area (Å²) in [5.74, 6) is -0.0838. The average molecular weight is 314 g/mol. The summed E-state index contributed by atoms with van der Waals surface area (Å²) in [4.78, 5) is 10.9. The number of nitrogens with zero attached hydrogens (tertiary/aromatic N) is 1. The largest absolute Gasteiger partial charge is 0.586 e. The highest BCUT2D eigenvalue weighted by molar-refractivity contribution is 7.15. The van der Waals surface area contributed by atoms with E-state index in [1.54, 1.807) is 12.1 Å². The van der Waals surface area contributed by atoms with Crippen LogP contribution in [0.2, 0.25) is 0 Å². The van der Waals surface area contributed by atoms with Crippen molar-refractivity contribution in [1.29, 1.82) is 0 Å². The van der Waals surface area contributed by atoms with Crippen molar-refractivity contribution in [2.45, 2.75) is 12.8 Å². The SMILES string of the molecule is O=[N+]([O-])c1ccc(CNc2ccc3c(c2)OC(F)(F)O3)s1. The maximum absolute atomic E-state index is 12.9. The molecule has 3 rings (SSSR count). The van der Waals surface area contributed by atoms with Crippen molar-refractivity contribution in [1.82, 2.24) is 0 Å². The predicted molar refractivity (Wildman–Crippen MR) is 70.9 cm³/mol. The van der Waals surface area contributed by atoms with Gasteiger partial charge in [-0.05, 0) is 18.2 Å². The Kier molecular flexibility index (Phi) is 3.13. The van der Waals surface area contributed by atoms with Crippen molar-refractivity contribution in [3.8, 4) is 11.5 Å². The molecule has 0 saturated heterocycles. The van der Waals surface area contributed by atoms with Gasteiger partial charge in [0.2, 0.25) is 0 Å².